The summed E-state index contributed by atoms with van der Waals surface area (Å²) in [6.45, 7) is 0.283. The molecular formula is C23H21Cl2IN2O3. The van der Waals surface area contributed by atoms with E-state index in [9.17, 15) is 10.1 Å². The Morgan fingerprint density at radius 2 is 2.00 bits per heavy atom. The van der Waals surface area contributed by atoms with Crippen molar-refractivity contribution in [2.45, 2.75) is 38.3 Å². The zero-order chi connectivity index (χ0) is 22.4. The highest BCUT2D eigenvalue weighted by atomic mass is 127. The van der Waals surface area contributed by atoms with Gasteiger partial charge in [-0.1, -0.05) is 42.1 Å². The maximum absolute atomic E-state index is 12.5. The maximum atomic E-state index is 12.5. The van der Waals surface area contributed by atoms with Gasteiger partial charge >= 0.3 is 0 Å². The first-order valence-corrected chi connectivity index (χ1v) is 11.6. The zero-order valence-corrected chi connectivity index (χ0v) is 20.6. The van der Waals surface area contributed by atoms with E-state index in [1.165, 1.54) is 0 Å². The van der Waals surface area contributed by atoms with Crippen molar-refractivity contribution in [3.63, 3.8) is 0 Å². The van der Waals surface area contributed by atoms with Crippen LogP contribution in [0.3, 0.4) is 0 Å². The minimum atomic E-state index is -0.344. The van der Waals surface area contributed by atoms with E-state index in [1.54, 1.807) is 31.4 Å². The first-order valence-electron chi connectivity index (χ1n) is 9.78. The fraction of sp³-hybridized carbons (Fsp3) is 0.304. The molecule has 5 nitrogen and oxygen atoms in total. The normalized spacial score (nSPS) is 14.2. The van der Waals surface area contributed by atoms with Crippen molar-refractivity contribution in [3.8, 4) is 17.6 Å². The predicted molar refractivity (Wildman–Crippen MR) is 130 cm³/mol. The van der Waals surface area contributed by atoms with E-state index in [4.69, 9.17) is 32.7 Å². The van der Waals surface area contributed by atoms with Crippen LogP contribution in [0.2, 0.25) is 10.0 Å². The van der Waals surface area contributed by atoms with Crippen LogP contribution >= 0.6 is 45.8 Å². The first kappa shape index (κ1) is 23.7. The molecule has 0 bridgehead atoms. The van der Waals surface area contributed by atoms with E-state index in [0.717, 1.165) is 34.8 Å². The minimum absolute atomic E-state index is 0.0641. The molecule has 31 heavy (non-hydrogen) atoms. The van der Waals surface area contributed by atoms with Crippen LogP contribution in [0.1, 0.15) is 36.8 Å². The Bertz CT molecular complexity index is 1040. The molecule has 2 aromatic carbocycles. The van der Waals surface area contributed by atoms with Gasteiger partial charge in [-0.3, -0.25) is 4.79 Å². The van der Waals surface area contributed by atoms with Gasteiger partial charge in [0.25, 0.3) is 5.91 Å². The average molecular weight is 571 g/mol. The van der Waals surface area contributed by atoms with Gasteiger partial charge in [0.05, 0.1) is 20.7 Å². The largest absolute Gasteiger partial charge is 0.493 e. The van der Waals surface area contributed by atoms with Crippen molar-refractivity contribution >= 4 is 57.8 Å². The Kier molecular flexibility index (Phi) is 8.47. The molecule has 0 unspecified atom stereocenters. The molecule has 1 N–H and O–H groups in total. The Morgan fingerprint density at radius 1 is 1.26 bits per heavy atom. The van der Waals surface area contributed by atoms with Crippen molar-refractivity contribution in [1.82, 2.24) is 5.32 Å². The fourth-order valence-corrected chi connectivity index (χ4v) is 4.50. The highest BCUT2D eigenvalue weighted by molar-refractivity contribution is 14.1. The number of carbonyl (C=O) groups excluding carboxylic acids is 1. The van der Waals surface area contributed by atoms with E-state index in [0.29, 0.717) is 27.1 Å². The number of ether oxygens (including phenoxy) is 2. The van der Waals surface area contributed by atoms with Gasteiger partial charge in [0, 0.05) is 6.04 Å². The van der Waals surface area contributed by atoms with Gasteiger partial charge in [-0.15, -0.1) is 0 Å². The lowest BCUT2D eigenvalue weighted by atomic mass is 10.1. The molecule has 0 aliphatic heterocycles. The summed E-state index contributed by atoms with van der Waals surface area (Å²) < 4.78 is 12.2. The van der Waals surface area contributed by atoms with Crippen LogP contribution in [0.5, 0.6) is 11.5 Å². The number of nitrogens with one attached hydrogen (secondary N) is 1. The average Bonchev–Trinajstić information content (AvgIpc) is 3.26. The van der Waals surface area contributed by atoms with E-state index >= 15 is 0 Å². The number of hydrogen-bond donors (Lipinski definition) is 1. The molecule has 1 saturated carbocycles. The van der Waals surface area contributed by atoms with E-state index in [1.807, 2.05) is 18.2 Å². The number of rotatable bonds is 7. The number of nitriles is 1. The molecule has 1 aliphatic rings. The molecule has 0 heterocycles. The third kappa shape index (κ3) is 6.28. The number of methoxy groups -OCH3 is 1. The third-order valence-corrected chi connectivity index (χ3v) is 6.53. The van der Waals surface area contributed by atoms with Gasteiger partial charge < -0.3 is 14.8 Å². The van der Waals surface area contributed by atoms with Gasteiger partial charge in [0.15, 0.2) is 11.5 Å². The summed E-state index contributed by atoms with van der Waals surface area (Å²) in [7, 11) is 1.54. The SMILES string of the molecule is COc1cc(/C=C(/C#N)C(=O)NC2CCCC2)cc(I)c1OCc1ccc(Cl)c(Cl)c1. The summed E-state index contributed by atoms with van der Waals surface area (Å²) in [5.74, 6) is 0.732. The molecule has 1 aliphatic carbocycles. The molecule has 1 fully saturated rings. The van der Waals surface area contributed by atoms with Crippen molar-refractivity contribution in [1.29, 1.82) is 5.26 Å². The molecule has 0 spiro atoms. The predicted octanol–water partition coefficient (Wildman–Crippen LogP) is 6.15. The Balaban J connectivity index is 1.78. The standard InChI is InChI=1S/C23H21Cl2IN2O3/c1-30-21-11-15(8-16(12-27)23(29)28-17-4-2-3-5-17)10-20(26)22(21)31-13-14-6-7-18(24)19(25)9-14/h6-11,17H,2-5,13H2,1H3,(H,28,29)/b16-8-. The minimum Gasteiger partial charge on any atom is -0.493 e. The third-order valence-electron chi connectivity index (χ3n) is 4.99. The van der Waals surface area contributed by atoms with Gasteiger partial charge in [-0.25, -0.2) is 0 Å². The maximum Gasteiger partial charge on any atom is 0.262 e. The second kappa shape index (κ2) is 11.1. The molecule has 1 amide bonds. The Morgan fingerprint density at radius 3 is 2.65 bits per heavy atom. The van der Waals surface area contributed by atoms with Crippen LogP contribution in [-0.4, -0.2) is 19.1 Å². The molecule has 2 aromatic rings. The molecule has 162 valence electrons. The number of hydrogen-bond acceptors (Lipinski definition) is 4. The van der Waals surface area contributed by atoms with E-state index in [2.05, 4.69) is 27.9 Å². The molecular weight excluding hydrogens is 550 g/mol. The summed E-state index contributed by atoms with van der Waals surface area (Å²) >= 11 is 14.2. The number of halogens is 3. The number of nitrogens with zero attached hydrogens (tertiary/aromatic N) is 1. The summed E-state index contributed by atoms with van der Waals surface area (Å²) in [6, 6.07) is 11.0. The van der Waals surface area contributed by atoms with Crippen LogP contribution in [0, 0.1) is 14.9 Å². The van der Waals surface area contributed by atoms with Crippen LogP contribution in [0.25, 0.3) is 6.08 Å². The van der Waals surface area contributed by atoms with E-state index in [-0.39, 0.29) is 24.1 Å². The second-order valence-electron chi connectivity index (χ2n) is 7.20. The van der Waals surface area contributed by atoms with E-state index < -0.39 is 0 Å². The number of benzene rings is 2. The van der Waals surface area contributed by atoms with Gasteiger partial charge in [0.1, 0.15) is 18.2 Å². The van der Waals surface area contributed by atoms with Crippen molar-refractivity contribution in [3.05, 3.63) is 60.6 Å². The lowest BCUT2D eigenvalue weighted by Gasteiger charge is -2.14. The molecule has 0 radical (unpaired) electrons. The quantitative estimate of drug-likeness (QED) is 0.246. The zero-order valence-electron chi connectivity index (χ0n) is 16.9. The topological polar surface area (TPSA) is 71.3 Å². The molecule has 0 saturated heterocycles. The van der Waals surface area contributed by atoms with Crippen molar-refractivity contribution < 1.29 is 14.3 Å². The molecule has 8 heteroatoms. The fourth-order valence-electron chi connectivity index (χ4n) is 3.40. The lowest BCUT2D eigenvalue weighted by Crippen LogP contribution is -2.33. The van der Waals surface area contributed by atoms with Gasteiger partial charge in [-0.05, 0) is 76.9 Å². The van der Waals surface area contributed by atoms with Gasteiger partial charge in [-0.2, -0.15) is 5.26 Å². The highest BCUT2D eigenvalue weighted by Crippen LogP contribution is 2.35. The van der Waals surface area contributed by atoms with Crippen LogP contribution in [0.4, 0.5) is 0 Å². The Hall–Kier alpha value is -1.95. The van der Waals surface area contributed by atoms with Crippen LogP contribution in [0.15, 0.2) is 35.9 Å². The van der Waals surface area contributed by atoms with Crippen molar-refractivity contribution in [2.24, 2.45) is 0 Å². The van der Waals surface area contributed by atoms with Crippen LogP contribution < -0.4 is 14.8 Å². The summed E-state index contributed by atoms with van der Waals surface area (Å²) in [5, 5.41) is 13.4. The molecule has 0 aromatic heterocycles. The van der Waals surface area contributed by atoms with Crippen LogP contribution in [-0.2, 0) is 11.4 Å². The van der Waals surface area contributed by atoms with Gasteiger partial charge in [0.2, 0.25) is 0 Å². The summed E-state index contributed by atoms with van der Waals surface area (Å²) in [4.78, 5) is 12.5. The number of amides is 1. The summed E-state index contributed by atoms with van der Waals surface area (Å²) in [6.07, 6.45) is 5.70. The number of carbonyl (C=O) groups is 1. The second-order valence-corrected chi connectivity index (χ2v) is 9.17. The molecule has 3 rings (SSSR count). The van der Waals surface area contributed by atoms with Crippen molar-refractivity contribution in [2.75, 3.05) is 7.11 Å². The molecule has 0 atom stereocenters. The Labute approximate surface area is 205 Å². The summed E-state index contributed by atoms with van der Waals surface area (Å²) in [5.41, 5.74) is 1.61. The lowest BCUT2D eigenvalue weighted by molar-refractivity contribution is -0.117. The highest BCUT2D eigenvalue weighted by Gasteiger charge is 2.20. The first-order chi connectivity index (χ1) is 14.9. The smallest absolute Gasteiger partial charge is 0.262 e. The monoisotopic (exact) mass is 570 g/mol.